The van der Waals surface area contributed by atoms with E-state index in [9.17, 15) is 4.79 Å². The summed E-state index contributed by atoms with van der Waals surface area (Å²) < 4.78 is 6.94. The number of hydrogen-bond acceptors (Lipinski definition) is 2. The van der Waals surface area contributed by atoms with Crippen LogP contribution >= 0.6 is 11.6 Å². The number of rotatable bonds is 3. The highest BCUT2D eigenvalue weighted by Crippen LogP contribution is 2.26. The quantitative estimate of drug-likeness (QED) is 0.668. The van der Waals surface area contributed by atoms with Gasteiger partial charge in [-0.1, -0.05) is 29.8 Å². The van der Waals surface area contributed by atoms with E-state index >= 15 is 0 Å². The molecule has 0 spiro atoms. The molecule has 0 radical (unpaired) electrons. The van der Waals surface area contributed by atoms with Crippen molar-refractivity contribution in [2.45, 2.75) is 13.7 Å². The van der Waals surface area contributed by atoms with Crippen molar-refractivity contribution in [2.24, 2.45) is 0 Å². The van der Waals surface area contributed by atoms with Crippen molar-refractivity contribution >= 4 is 28.5 Å². The average molecular weight is 300 g/mol. The monoisotopic (exact) mass is 299 g/mol. The van der Waals surface area contributed by atoms with E-state index in [0.29, 0.717) is 0 Å². The van der Waals surface area contributed by atoms with Crippen LogP contribution in [-0.4, -0.2) is 10.5 Å². The molecule has 0 saturated carbocycles. The van der Waals surface area contributed by atoms with Gasteiger partial charge >= 0.3 is 5.97 Å². The van der Waals surface area contributed by atoms with Crippen molar-refractivity contribution in [3.05, 3.63) is 59.8 Å². The number of carbonyl (C=O) groups is 1. The number of halogens is 1. The smallest absolute Gasteiger partial charge is 0.304 e. The van der Waals surface area contributed by atoms with Gasteiger partial charge in [-0.3, -0.25) is 4.79 Å². The molecule has 0 aliphatic carbocycles. The van der Waals surface area contributed by atoms with Crippen LogP contribution in [0.2, 0.25) is 5.02 Å². The van der Waals surface area contributed by atoms with E-state index in [0.717, 1.165) is 27.1 Å². The molecule has 0 atom stereocenters. The zero-order chi connectivity index (χ0) is 14.8. The van der Waals surface area contributed by atoms with Crippen LogP contribution in [0, 0.1) is 0 Å². The van der Waals surface area contributed by atoms with Gasteiger partial charge in [0, 0.05) is 23.5 Å². The molecule has 1 aromatic heterocycles. The normalized spacial score (nSPS) is 10.8. The third-order valence-electron chi connectivity index (χ3n) is 3.36. The van der Waals surface area contributed by atoms with E-state index in [2.05, 4.69) is 12.1 Å². The predicted octanol–water partition coefficient (Wildman–Crippen LogP) is 4.48. The van der Waals surface area contributed by atoms with Crippen LogP contribution in [0.25, 0.3) is 22.0 Å². The van der Waals surface area contributed by atoms with Crippen molar-refractivity contribution in [2.75, 3.05) is 0 Å². The van der Waals surface area contributed by atoms with E-state index in [4.69, 9.17) is 16.3 Å². The van der Waals surface area contributed by atoms with Gasteiger partial charge in [-0.2, -0.15) is 0 Å². The highest BCUT2D eigenvalue weighted by molar-refractivity contribution is 6.30. The third kappa shape index (κ3) is 2.93. The van der Waals surface area contributed by atoms with E-state index in [1.54, 1.807) is 0 Å². The Morgan fingerprint density at radius 3 is 2.52 bits per heavy atom. The fourth-order valence-corrected chi connectivity index (χ4v) is 2.42. The summed E-state index contributed by atoms with van der Waals surface area (Å²) in [6.07, 6.45) is 1.92. The molecule has 0 aliphatic rings. The first-order valence-corrected chi connectivity index (χ1v) is 6.99. The summed E-state index contributed by atoms with van der Waals surface area (Å²) in [6.45, 7) is 1.64. The van der Waals surface area contributed by atoms with Crippen molar-refractivity contribution in [3.8, 4) is 11.1 Å². The highest BCUT2D eigenvalue weighted by Gasteiger charge is 2.05. The maximum Gasteiger partial charge on any atom is 0.304 e. The number of ether oxygens (including phenoxy) is 1. The molecule has 4 heteroatoms. The topological polar surface area (TPSA) is 31.2 Å². The zero-order valence-corrected chi connectivity index (χ0v) is 12.3. The third-order valence-corrected chi connectivity index (χ3v) is 3.61. The molecule has 3 nitrogen and oxygen atoms in total. The summed E-state index contributed by atoms with van der Waals surface area (Å²) in [5.74, 6) is -0.283. The number of aromatic nitrogens is 1. The maximum atomic E-state index is 10.9. The van der Waals surface area contributed by atoms with E-state index in [1.807, 2.05) is 47.2 Å². The minimum absolute atomic E-state index is 0.235. The first-order chi connectivity index (χ1) is 10.1. The van der Waals surface area contributed by atoms with E-state index < -0.39 is 0 Å². The summed E-state index contributed by atoms with van der Waals surface area (Å²) in [6, 6.07) is 16.0. The molecule has 3 rings (SSSR count). The lowest BCUT2D eigenvalue weighted by atomic mass is 10.0. The Balaban J connectivity index is 1.94. The lowest BCUT2D eigenvalue weighted by molar-refractivity contribution is -0.144. The molecule has 0 N–H and O–H groups in total. The van der Waals surface area contributed by atoms with Gasteiger partial charge in [0.1, 0.15) is 0 Å². The molecule has 0 aliphatic heterocycles. The lowest BCUT2D eigenvalue weighted by Crippen LogP contribution is -2.04. The number of hydrogen-bond donors (Lipinski definition) is 0. The van der Waals surface area contributed by atoms with E-state index in [1.165, 1.54) is 6.92 Å². The van der Waals surface area contributed by atoms with Crippen LogP contribution in [0.3, 0.4) is 0 Å². The summed E-state index contributed by atoms with van der Waals surface area (Å²) in [7, 11) is 0. The molecule has 3 aromatic rings. The minimum Gasteiger partial charge on any atom is -0.444 e. The van der Waals surface area contributed by atoms with Gasteiger partial charge in [0.2, 0.25) is 0 Å². The maximum absolute atomic E-state index is 10.9. The lowest BCUT2D eigenvalue weighted by Gasteiger charge is -2.06. The number of nitrogens with zero attached hydrogens (tertiary/aromatic N) is 1. The van der Waals surface area contributed by atoms with Gasteiger partial charge in [0.15, 0.2) is 6.73 Å². The second-order valence-corrected chi connectivity index (χ2v) is 5.27. The van der Waals surface area contributed by atoms with Gasteiger partial charge in [0.25, 0.3) is 0 Å². The Kier molecular flexibility index (Phi) is 3.67. The van der Waals surface area contributed by atoms with Gasteiger partial charge in [0.05, 0.1) is 5.52 Å². The molecule has 2 aromatic carbocycles. The molecule has 0 unspecified atom stereocenters. The van der Waals surface area contributed by atoms with Crippen molar-refractivity contribution in [1.82, 2.24) is 4.57 Å². The Labute approximate surface area is 127 Å². The second-order valence-electron chi connectivity index (χ2n) is 4.83. The summed E-state index contributed by atoms with van der Waals surface area (Å²) in [5, 5.41) is 1.84. The standard InChI is InChI=1S/C17H14ClNO2/c1-12(20)21-11-19-9-8-15-10-14(4-7-17(15)19)13-2-5-16(18)6-3-13/h2-10H,11H2,1H3. The van der Waals surface area contributed by atoms with Crippen molar-refractivity contribution in [1.29, 1.82) is 0 Å². The van der Waals surface area contributed by atoms with Crippen LogP contribution in [0.5, 0.6) is 0 Å². The van der Waals surface area contributed by atoms with E-state index in [-0.39, 0.29) is 12.7 Å². The molecule has 0 fully saturated rings. The highest BCUT2D eigenvalue weighted by atomic mass is 35.5. The summed E-state index contributed by atoms with van der Waals surface area (Å²) in [4.78, 5) is 10.9. The number of benzene rings is 2. The second kappa shape index (κ2) is 5.62. The van der Waals surface area contributed by atoms with Crippen LogP contribution in [0.1, 0.15) is 6.92 Å². The molecule has 106 valence electrons. The van der Waals surface area contributed by atoms with Crippen molar-refractivity contribution in [3.63, 3.8) is 0 Å². The zero-order valence-electron chi connectivity index (χ0n) is 11.5. The predicted molar refractivity (Wildman–Crippen MR) is 84.2 cm³/mol. The fraction of sp³-hybridized carbons (Fsp3) is 0.118. The van der Waals surface area contributed by atoms with Crippen LogP contribution in [0.4, 0.5) is 0 Å². The van der Waals surface area contributed by atoms with Crippen LogP contribution in [0.15, 0.2) is 54.7 Å². The van der Waals surface area contributed by atoms with Gasteiger partial charge in [-0.15, -0.1) is 0 Å². The number of esters is 1. The summed E-state index contributed by atoms with van der Waals surface area (Å²) in [5.41, 5.74) is 3.28. The first-order valence-electron chi connectivity index (χ1n) is 6.62. The molecule has 21 heavy (non-hydrogen) atoms. The first kappa shape index (κ1) is 13.7. The van der Waals surface area contributed by atoms with Gasteiger partial charge < -0.3 is 9.30 Å². The molecular formula is C17H14ClNO2. The Morgan fingerprint density at radius 2 is 1.81 bits per heavy atom. The van der Waals surface area contributed by atoms with Gasteiger partial charge in [-0.25, -0.2) is 0 Å². The Morgan fingerprint density at radius 1 is 1.10 bits per heavy atom. The Hall–Kier alpha value is -2.26. The number of carbonyl (C=O) groups excluding carboxylic acids is 1. The van der Waals surface area contributed by atoms with Crippen molar-refractivity contribution < 1.29 is 9.53 Å². The SMILES string of the molecule is CC(=O)OCn1ccc2cc(-c3ccc(Cl)cc3)ccc21. The molecular weight excluding hydrogens is 286 g/mol. The molecule has 1 heterocycles. The molecule has 0 amide bonds. The fourth-order valence-electron chi connectivity index (χ4n) is 2.30. The number of fused-ring (bicyclic) bond motifs is 1. The molecule has 0 bridgehead atoms. The Bertz CT molecular complexity index is 790. The largest absolute Gasteiger partial charge is 0.444 e. The minimum atomic E-state index is -0.283. The van der Waals surface area contributed by atoms with Crippen LogP contribution < -0.4 is 0 Å². The average Bonchev–Trinajstić information content (AvgIpc) is 2.88. The molecule has 0 saturated heterocycles. The van der Waals surface area contributed by atoms with Gasteiger partial charge in [-0.05, 0) is 41.5 Å². The summed E-state index contributed by atoms with van der Waals surface area (Å²) >= 11 is 5.91. The van der Waals surface area contributed by atoms with Crippen LogP contribution in [-0.2, 0) is 16.3 Å².